The zero-order valence-electron chi connectivity index (χ0n) is 18.6. The van der Waals surface area contributed by atoms with Crippen molar-refractivity contribution in [2.45, 2.75) is 25.7 Å². The van der Waals surface area contributed by atoms with Crippen molar-refractivity contribution < 1.29 is 19.0 Å². The number of benzene rings is 1. The summed E-state index contributed by atoms with van der Waals surface area (Å²) in [6.45, 7) is 3.24. The molecule has 0 aliphatic carbocycles. The lowest BCUT2D eigenvalue weighted by molar-refractivity contribution is 0.0706. The first-order valence-electron chi connectivity index (χ1n) is 10.7. The number of pyridine rings is 2. The van der Waals surface area contributed by atoms with Crippen molar-refractivity contribution in [1.29, 1.82) is 0 Å². The second-order valence-corrected chi connectivity index (χ2v) is 7.77. The van der Waals surface area contributed by atoms with Crippen LogP contribution in [0.3, 0.4) is 0 Å². The highest BCUT2D eigenvalue weighted by molar-refractivity contribution is 5.93. The van der Waals surface area contributed by atoms with Crippen LogP contribution in [0.1, 0.15) is 40.5 Å². The molecule has 1 fully saturated rings. The molecule has 0 spiro atoms. The third kappa shape index (κ3) is 4.66. The minimum Gasteiger partial charge on any atom is -0.496 e. The number of ether oxygens (including phenoxy) is 3. The Hall–Kier alpha value is -3.61. The maximum atomic E-state index is 13.1. The van der Waals surface area contributed by atoms with Crippen molar-refractivity contribution in [1.82, 2.24) is 14.9 Å². The van der Waals surface area contributed by atoms with Gasteiger partial charge >= 0.3 is 0 Å². The van der Waals surface area contributed by atoms with Gasteiger partial charge in [-0.25, -0.2) is 4.98 Å². The third-order valence-electron chi connectivity index (χ3n) is 5.72. The van der Waals surface area contributed by atoms with E-state index in [4.69, 9.17) is 14.2 Å². The van der Waals surface area contributed by atoms with Crippen LogP contribution in [-0.2, 0) is 0 Å². The Bertz CT molecular complexity index is 1080. The van der Waals surface area contributed by atoms with Gasteiger partial charge in [0, 0.05) is 42.7 Å². The highest BCUT2D eigenvalue weighted by atomic mass is 16.5. The largest absolute Gasteiger partial charge is 0.496 e. The van der Waals surface area contributed by atoms with Gasteiger partial charge in [0.25, 0.3) is 5.91 Å². The second kappa shape index (κ2) is 9.68. The topological polar surface area (TPSA) is 73.8 Å². The molecular weight excluding hydrogens is 406 g/mol. The standard InChI is InChI=1S/C25H27N3O4/c1-17-13-22(30-2)20(15-26-17)18-9-11-28(12-10-18)25(29)21-14-23(31-3)24(16-27-21)32-19-7-5-4-6-8-19/h4-8,13-16,18H,9-12H2,1-3H3. The number of piperidine rings is 1. The predicted octanol–water partition coefficient (Wildman–Crippen LogP) is 4.61. The van der Waals surface area contributed by atoms with Gasteiger partial charge in [-0.05, 0) is 37.8 Å². The van der Waals surface area contributed by atoms with Crippen molar-refractivity contribution >= 4 is 5.91 Å². The van der Waals surface area contributed by atoms with Crippen molar-refractivity contribution in [3.8, 4) is 23.0 Å². The Balaban J connectivity index is 1.44. The predicted molar refractivity (Wildman–Crippen MR) is 121 cm³/mol. The van der Waals surface area contributed by atoms with Gasteiger partial charge in [0.2, 0.25) is 0 Å². The quantitative estimate of drug-likeness (QED) is 0.565. The van der Waals surface area contributed by atoms with E-state index in [0.717, 1.165) is 29.8 Å². The summed E-state index contributed by atoms with van der Waals surface area (Å²) in [6, 6.07) is 13.0. The average Bonchev–Trinajstić information content (AvgIpc) is 2.84. The number of nitrogens with zero attached hydrogens (tertiary/aromatic N) is 3. The summed E-state index contributed by atoms with van der Waals surface area (Å²) in [5.41, 5.74) is 2.38. The first kappa shape index (κ1) is 21.6. The van der Waals surface area contributed by atoms with Crippen LogP contribution in [0.25, 0.3) is 0 Å². The van der Waals surface area contributed by atoms with E-state index >= 15 is 0 Å². The number of likely N-dealkylation sites (tertiary alicyclic amines) is 1. The van der Waals surface area contributed by atoms with Crippen LogP contribution in [0.15, 0.2) is 54.9 Å². The van der Waals surface area contributed by atoms with E-state index in [1.54, 1.807) is 20.3 Å². The summed E-state index contributed by atoms with van der Waals surface area (Å²) in [7, 11) is 3.23. The van der Waals surface area contributed by atoms with Crippen molar-refractivity contribution in [3.63, 3.8) is 0 Å². The number of hydrogen-bond acceptors (Lipinski definition) is 6. The van der Waals surface area contributed by atoms with Crippen LogP contribution in [-0.4, -0.2) is 48.1 Å². The van der Waals surface area contributed by atoms with E-state index in [0.29, 0.717) is 41.9 Å². The van der Waals surface area contributed by atoms with Gasteiger partial charge < -0.3 is 19.1 Å². The number of rotatable bonds is 6. The Morgan fingerprint density at radius 1 is 0.938 bits per heavy atom. The zero-order valence-corrected chi connectivity index (χ0v) is 18.6. The Labute approximate surface area is 188 Å². The number of hydrogen-bond donors (Lipinski definition) is 0. The Morgan fingerprint density at radius 2 is 1.66 bits per heavy atom. The van der Waals surface area contributed by atoms with Crippen molar-refractivity contribution in [3.05, 3.63) is 71.8 Å². The van der Waals surface area contributed by atoms with Gasteiger partial charge in [-0.1, -0.05) is 18.2 Å². The summed E-state index contributed by atoms with van der Waals surface area (Å²) in [5, 5.41) is 0. The molecule has 0 radical (unpaired) electrons. The fraction of sp³-hybridized carbons (Fsp3) is 0.320. The minimum absolute atomic E-state index is 0.109. The van der Waals surface area contributed by atoms with Crippen molar-refractivity contribution in [2.75, 3.05) is 27.3 Å². The molecule has 1 amide bonds. The molecule has 7 nitrogen and oxygen atoms in total. The normalized spacial score (nSPS) is 14.2. The van der Waals surface area contributed by atoms with Crippen molar-refractivity contribution in [2.24, 2.45) is 0 Å². The summed E-state index contributed by atoms with van der Waals surface area (Å²) in [6.07, 6.45) is 5.13. The van der Waals surface area contributed by atoms with Gasteiger partial charge in [-0.2, -0.15) is 0 Å². The molecule has 1 saturated heterocycles. The lowest BCUT2D eigenvalue weighted by atomic mass is 9.89. The molecule has 32 heavy (non-hydrogen) atoms. The summed E-state index contributed by atoms with van der Waals surface area (Å²) in [4.78, 5) is 23.7. The molecule has 1 aliphatic heterocycles. The molecule has 1 aliphatic rings. The highest BCUT2D eigenvalue weighted by Gasteiger charge is 2.27. The minimum atomic E-state index is -0.109. The summed E-state index contributed by atoms with van der Waals surface area (Å²) < 4.78 is 16.8. The Kier molecular flexibility index (Phi) is 6.54. The molecule has 0 unspecified atom stereocenters. The number of amides is 1. The first-order chi connectivity index (χ1) is 15.6. The first-order valence-corrected chi connectivity index (χ1v) is 10.7. The molecule has 0 saturated carbocycles. The molecule has 2 aromatic heterocycles. The molecule has 1 aromatic carbocycles. The van der Waals surface area contributed by atoms with Crippen LogP contribution in [0.4, 0.5) is 0 Å². The maximum absolute atomic E-state index is 13.1. The monoisotopic (exact) mass is 433 g/mol. The lowest BCUT2D eigenvalue weighted by Crippen LogP contribution is -2.38. The van der Waals surface area contributed by atoms with E-state index in [9.17, 15) is 4.79 Å². The van der Waals surface area contributed by atoms with Gasteiger partial charge in [0.1, 0.15) is 17.2 Å². The van der Waals surface area contributed by atoms with Crippen LogP contribution in [0.2, 0.25) is 0 Å². The van der Waals surface area contributed by atoms with Crippen LogP contribution >= 0.6 is 0 Å². The molecule has 0 atom stereocenters. The number of carbonyl (C=O) groups is 1. The second-order valence-electron chi connectivity index (χ2n) is 7.77. The molecule has 0 bridgehead atoms. The van der Waals surface area contributed by atoms with Gasteiger partial charge in [-0.15, -0.1) is 0 Å². The zero-order chi connectivity index (χ0) is 22.5. The molecular formula is C25H27N3O4. The number of aryl methyl sites for hydroxylation is 1. The maximum Gasteiger partial charge on any atom is 0.272 e. The molecule has 3 aromatic rings. The van der Waals surface area contributed by atoms with E-state index < -0.39 is 0 Å². The SMILES string of the molecule is COc1cc(C(=O)N2CCC(c3cnc(C)cc3OC)CC2)ncc1Oc1ccccc1. The molecule has 3 heterocycles. The fourth-order valence-electron chi connectivity index (χ4n) is 3.98. The van der Waals surface area contributed by atoms with E-state index in [1.807, 2.05) is 54.4 Å². The summed E-state index contributed by atoms with van der Waals surface area (Å²) in [5.74, 6) is 2.68. The molecule has 166 valence electrons. The molecule has 4 rings (SSSR count). The molecule has 0 N–H and O–H groups in total. The fourth-order valence-corrected chi connectivity index (χ4v) is 3.98. The summed E-state index contributed by atoms with van der Waals surface area (Å²) >= 11 is 0. The third-order valence-corrected chi connectivity index (χ3v) is 5.72. The van der Waals surface area contributed by atoms with Gasteiger partial charge in [0.15, 0.2) is 11.5 Å². The average molecular weight is 434 g/mol. The van der Waals surface area contributed by atoms with Crippen LogP contribution in [0.5, 0.6) is 23.0 Å². The highest BCUT2D eigenvalue weighted by Crippen LogP contribution is 2.35. The lowest BCUT2D eigenvalue weighted by Gasteiger charge is -2.32. The van der Waals surface area contributed by atoms with Crippen LogP contribution in [0, 0.1) is 6.92 Å². The van der Waals surface area contributed by atoms with Gasteiger partial charge in [-0.3, -0.25) is 9.78 Å². The van der Waals surface area contributed by atoms with Crippen LogP contribution < -0.4 is 14.2 Å². The van der Waals surface area contributed by atoms with E-state index in [-0.39, 0.29) is 5.91 Å². The van der Waals surface area contributed by atoms with E-state index in [1.165, 1.54) is 6.20 Å². The number of para-hydroxylation sites is 1. The molecule has 7 heteroatoms. The number of aromatic nitrogens is 2. The smallest absolute Gasteiger partial charge is 0.272 e. The number of carbonyl (C=O) groups excluding carboxylic acids is 1. The number of methoxy groups -OCH3 is 2. The Morgan fingerprint density at radius 3 is 2.34 bits per heavy atom. The van der Waals surface area contributed by atoms with Gasteiger partial charge in [0.05, 0.1) is 20.4 Å². The van der Waals surface area contributed by atoms with E-state index in [2.05, 4.69) is 9.97 Å².